The van der Waals surface area contributed by atoms with Crippen LogP contribution in [0.4, 0.5) is 0 Å². The Morgan fingerprint density at radius 1 is 0.609 bits per heavy atom. The van der Waals surface area contributed by atoms with E-state index in [1.807, 2.05) is 0 Å². The van der Waals surface area contributed by atoms with E-state index in [9.17, 15) is 9.90 Å². The van der Waals surface area contributed by atoms with E-state index < -0.39 is 0 Å². The van der Waals surface area contributed by atoms with Crippen LogP contribution < -0.4 is 108 Å². The Bertz CT molecular complexity index is 2290. The molecular weight excluding hydrogens is 907 g/mol. The Hall–Kier alpha value is -0.467. The van der Waals surface area contributed by atoms with Crippen LogP contribution in [0.2, 0.25) is 0 Å². The molecule has 12 atom stereocenters. The number of esters is 1. The molecule has 0 saturated heterocycles. The van der Waals surface area contributed by atoms with E-state index >= 15 is 0 Å². The molecule has 10 rings (SSSR count). The third-order valence-corrected chi connectivity index (χ3v) is 19.8. The number of rotatable bonds is 4. The van der Waals surface area contributed by atoms with Gasteiger partial charge in [-0.25, -0.2) is 0 Å². The molecule has 8 heteroatoms. The van der Waals surface area contributed by atoms with Crippen molar-refractivity contribution in [1.82, 2.24) is 0 Å². The molecule has 8 aliphatic rings. The van der Waals surface area contributed by atoms with Crippen LogP contribution in [0.15, 0.2) is 84.0 Å². The van der Waals surface area contributed by atoms with Crippen LogP contribution in [0.3, 0.4) is 0 Å². The van der Waals surface area contributed by atoms with E-state index in [-0.39, 0.29) is 145 Å². The first kappa shape index (κ1) is 57.8. The molecule has 6 nitrogen and oxygen atoms in total. The molecule has 0 heterocycles. The van der Waals surface area contributed by atoms with Crippen LogP contribution in [0, 0.1) is 57.2 Å². The van der Waals surface area contributed by atoms with Gasteiger partial charge in [-0.15, -0.1) is 0 Å². The number of hydrogen-bond donors (Lipinski definition) is 1. The predicted molar refractivity (Wildman–Crippen MR) is 270 cm³/mol. The van der Waals surface area contributed by atoms with E-state index in [1.54, 1.807) is 29.2 Å². The molecule has 2 aromatic carbocycles. The minimum Gasteiger partial charge on any atom is -1.00 e. The first-order chi connectivity index (χ1) is 31.6. The molecule has 0 radical (unpaired) electrons. The zero-order chi connectivity index (χ0) is 48.3. The van der Waals surface area contributed by atoms with Gasteiger partial charge < -0.3 is 21.4 Å². The van der Waals surface area contributed by atoms with Crippen LogP contribution in [-0.4, -0.2) is 29.8 Å². The van der Waals surface area contributed by atoms with Crippen LogP contribution in [0.1, 0.15) is 190 Å². The van der Waals surface area contributed by atoms with Crippen molar-refractivity contribution in [3.05, 3.63) is 106 Å². The topological polar surface area (TPSA) is 95.9 Å². The standard InChI is InChI=1S/C31H42O2.C29H40O.CH2O3.2K.H/c1-20(32)33-24-15-17-30(5)23(19-24)11-12-25-27-14-13-26(31(27,6)18-16-28(25)30)21-7-9-22(10-8-21)29(2,3)4;1-27(2,3)20-8-6-19(7-9-20)24-12-13-25-23-11-10-21-18-22(30)14-16-28(21,4)26(23)15-17-29(24,25)5;2-1-4-3;;;/h7-11,13,24-25,27-28H,12,14-19H2,1-6H3;6-10,12,22-23,25-26,30H,11,13-18H2,1-5H3;1,3H;;;/q;;;2*+1;-1/p-1/t24-,25-,27-,28-,30-,31+;22-,23-,25-,26-,28-,29+;;;;/m00..../s1. The SMILES string of the molecule is CC(=O)O[C@H]1CC[C@@]2(C)C(=CC[C@@H]3[C@@H]2CC[C@]2(C)C(c4ccc(C(C)(C)C)cc4)=CC[C@@H]32)C1.CC(C)(C)c1ccc(C2=CC[C@H]3[C@@H]4CC=C5C[C@@H](O)CC[C@]5(C)[C@H]4CC[C@]23C)cc1.O=CO[O-].[H-].[K+].[K+]. The largest absolute Gasteiger partial charge is 1.00 e. The van der Waals surface area contributed by atoms with E-state index in [0.717, 1.165) is 67.6 Å². The van der Waals surface area contributed by atoms with Gasteiger partial charge in [-0.3, -0.25) is 9.59 Å². The average molecular weight is 992 g/mol. The molecular formula is C61H84K2O6. The summed E-state index contributed by atoms with van der Waals surface area (Å²) in [5.74, 6) is 4.53. The van der Waals surface area contributed by atoms with Crippen molar-refractivity contribution in [1.29, 1.82) is 0 Å². The van der Waals surface area contributed by atoms with Crippen LogP contribution in [0.5, 0.6) is 0 Å². The van der Waals surface area contributed by atoms with E-state index in [4.69, 9.17) is 14.8 Å². The van der Waals surface area contributed by atoms with Gasteiger partial charge in [0.25, 0.3) is 6.47 Å². The molecule has 8 aliphatic carbocycles. The fraction of sp³-hybridized carbons (Fsp3) is 0.639. The van der Waals surface area contributed by atoms with Gasteiger partial charge in [-0.2, -0.15) is 0 Å². The summed E-state index contributed by atoms with van der Waals surface area (Å²) < 4.78 is 5.61. The molecule has 366 valence electrons. The summed E-state index contributed by atoms with van der Waals surface area (Å²) in [5, 5.41) is 18.7. The maximum atomic E-state index is 11.5. The molecule has 2 aromatic rings. The van der Waals surface area contributed by atoms with Gasteiger partial charge in [0.15, 0.2) is 0 Å². The second-order valence-corrected chi connectivity index (χ2v) is 25.4. The maximum Gasteiger partial charge on any atom is 1.00 e. The van der Waals surface area contributed by atoms with Gasteiger partial charge in [-0.1, -0.05) is 153 Å². The second kappa shape index (κ2) is 22.4. The summed E-state index contributed by atoms with van der Waals surface area (Å²) in [5.41, 5.74) is 13.7. The van der Waals surface area contributed by atoms with Crippen molar-refractivity contribution in [2.75, 3.05) is 0 Å². The number of allylic oxidation sites excluding steroid dienone is 6. The molecule has 1 N–H and O–H groups in total. The second-order valence-electron chi connectivity index (χ2n) is 25.4. The molecule has 0 amide bonds. The summed E-state index contributed by atoms with van der Waals surface area (Å²) in [6.45, 7) is 25.3. The monoisotopic (exact) mass is 991 g/mol. The summed E-state index contributed by atoms with van der Waals surface area (Å²) >= 11 is 0. The summed E-state index contributed by atoms with van der Waals surface area (Å²) in [6, 6.07) is 18.9. The van der Waals surface area contributed by atoms with Crippen LogP contribution >= 0.6 is 0 Å². The number of carbonyl (C=O) groups is 2. The van der Waals surface area contributed by atoms with Crippen molar-refractivity contribution in [3.8, 4) is 0 Å². The number of hydrogen-bond acceptors (Lipinski definition) is 6. The minimum atomic E-state index is -0.181. The Kier molecular flexibility index (Phi) is 18.8. The van der Waals surface area contributed by atoms with E-state index in [0.29, 0.717) is 16.2 Å². The molecule has 0 bridgehead atoms. The fourth-order valence-electron chi connectivity index (χ4n) is 15.9. The van der Waals surface area contributed by atoms with Crippen LogP contribution in [0.25, 0.3) is 11.1 Å². The zero-order valence-corrected chi connectivity index (χ0v) is 51.3. The molecule has 0 aliphatic heterocycles. The van der Waals surface area contributed by atoms with Gasteiger partial charge in [0.1, 0.15) is 6.10 Å². The van der Waals surface area contributed by atoms with Gasteiger partial charge in [-0.05, 0) is 185 Å². The number of benzene rings is 2. The maximum absolute atomic E-state index is 11.5. The number of aliphatic hydroxyl groups is 1. The third kappa shape index (κ3) is 11.3. The summed E-state index contributed by atoms with van der Waals surface area (Å²) in [4.78, 5) is 22.8. The smallest absolute Gasteiger partial charge is 1.00 e. The molecule has 0 aromatic heterocycles. The number of ether oxygens (including phenoxy) is 1. The van der Waals surface area contributed by atoms with Gasteiger partial charge in [0.05, 0.1) is 6.10 Å². The third-order valence-electron chi connectivity index (χ3n) is 19.8. The number of carbonyl (C=O) groups excluding carboxylic acids is 2. The van der Waals surface area contributed by atoms with Crippen molar-refractivity contribution in [2.45, 2.75) is 189 Å². The quantitative estimate of drug-likeness (QED) is 0.0843. The Balaban J connectivity index is 0.000000234. The van der Waals surface area contributed by atoms with Crippen LogP contribution in [-0.2, 0) is 30.0 Å². The minimum absolute atomic E-state index is 0. The first-order valence-corrected chi connectivity index (χ1v) is 26.2. The number of fused-ring (bicyclic) bond motifs is 10. The van der Waals surface area contributed by atoms with Crippen molar-refractivity contribution < 1.29 is 134 Å². The molecule has 0 spiro atoms. The predicted octanol–water partition coefficient (Wildman–Crippen LogP) is 7.73. The molecule has 0 unspecified atom stereocenters. The van der Waals surface area contributed by atoms with Gasteiger partial charge >= 0.3 is 109 Å². The molecule has 69 heavy (non-hydrogen) atoms. The molecule has 4 fully saturated rings. The Labute approximate surface area is 503 Å². The van der Waals surface area contributed by atoms with E-state index in [1.165, 1.54) is 80.0 Å². The Morgan fingerprint density at radius 2 is 1.00 bits per heavy atom. The summed E-state index contributed by atoms with van der Waals surface area (Å²) in [7, 11) is 0. The number of aliphatic hydroxyl groups excluding tert-OH is 1. The van der Waals surface area contributed by atoms with E-state index in [2.05, 4.69) is 147 Å². The fourth-order valence-corrected chi connectivity index (χ4v) is 15.9. The van der Waals surface area contributed by atoms with Crippen molar-refractivity contribution in [2.24, 2.45) is 57.2 Å². The molecule has 4 saturated carbocycles. The summed E-state index contributed by atoms with van der Waals surface area (Å²) in [6.07, 6.45) is 26.6. The van der Waals surface area contributed by atoms with Gasteiger partial charge in [0.2, 0.25) is 0 Å². The zero-order valence-electron chi connectivity index (χ0n) is 46.0. The van der Waals surface area contributed by atoms with Crippen molar-refractivity contribution >= 4 is 23.6 Å². The first-order valence-electron chi connectivity index (χ1n) is 26.2. The normalized spacial score (nSPS) is 36.1. The van der Waals surface area contributed by atoms with Gasteiger partial charge in [0, 0.05) is 13.3 Å². The average Bonchev–Trinajstić information content (AvgIpc) is 3.83. The Morgan fingerprint density at radius 3 is 1.39 bits per heavy atom. The van der Waals surface area contributed by atoms with Crippen molar-refractivity contribution in [3.63, 3.8) is 0 Å².